The van der Waals surface area contributed by atoms with Gasteiger partial charge in [0.25, 0.3) is 0 Å². The molecule has 1 aromatic heterocycles. The first-order valence-corrected chi connectivity index (χ1v) is 7.82. The topological polar surface area (TPSA) is 38.2 Å². The van der Waals surface area contributed by atoms with Crippen LogP contribution in [0.5, 0.6) is 0 Å². The van der Waals surface area contributed by atoms with Gasteiger partial charge in [0.05, 0.1) is 19.3 Å². The summed E-state index contributed by atoms with van der Waals surface area (Å²) >= 11 is 0. The first kappa shape index (κ1) is 15.1. The molecule has 22 heavy (non-hydrogen) atoms. The standard InChI is InChI=1S/C18H23N3O/c1-13-5-6-14(2)16(9-13)17-10-21(15(3)12-22-17)11-18-19-7-4-8-20-18/h4-9,15,17H,10-12H2,1-3H3. The molecule has 1 aromatic carbocycles. The van der Waals surface area contributed by atoms with E-state index in [1.54, 1.807) is 12.4 Å². The van der Waals surface area contributed by atoms with Gasteiger partial charge in [-0.2, -0.15) is 0 Å². The number of hydrogen-bond acceptors (Lipinski definition) is 4. The minimum absolute atomic E-state index is 0.125. The Bertz CT molecular complexity index is 629. The fourth-order valence-electron chi connectivity index (χ4n) is 2.92. The quantitative estimate of drug-likeness (QED) is 0.873. The summed E-state index contributed by atoms with van der Waals surface area (Å²) in [6.07, 6.45) is 3.73. The molecule has 4 nitrogen and oxygen atoms in total. The van der Waals surface area contributed by atoms with Crippen LogP contribution in [0.4, 0.5) is 0 Å². The molecule has 1 aliphatic rings. The Hall–Kier alpha value is -1.78. The molecule has 0 N–H and O–H groups in total. The average molecular weight is 297 g/mol. The summed E-state index contributed by atoms with van der Waals surface area (Å²) in [4.78, 5) is 11.1. The maximum atomic E-state index is 6.10. The van der Waals surface area contributed by atoms with Gasteiger partial charge in [0.2, 0.25) is 0 Å². The van der Waals surface area contributed by atoms with Gasteiger partial charge in [0, 0.05) is 25.0 Å². The largest absolute Gasteiger partial charge is 0.371 e. The monoisotopic (exact) mass is 297 g/mol. The van der Waals surface area contributed by atoms with Crippen molar-refractivity contribution in [1.82, 2.24) is 14.9 Å². The van der Waals surface area contributed by atoms with E-state index >= 15 is 0 Å². The van der Waals surface area contributed by atoms with Crippen LogP contribution in [-0.2, 0) is 11.3 Å². The molecule has 1 fully saturated rings. The number of morpholine rings is 1. The Kier molecular flexibility index (Phi) is 4.50. The van der Waals surface area contributed by atoms with E-state index in [9.17, 15) is 0 Å². The highest BCUT2D eigenvalue weighted by Gasteiger charge is 2.28. The van der Waals surface area contributed by atoms with E-state index < -0.39 is 0 Å². The Labute approximate surface area is 132 Å². The molecule has 4 heteroatoms. The van der Waals surface area contributed by atoms with E-state index in [1.807, 2.05) is 6.07 Å². The average Bonchev–Trinajstić information content (AvgIpc) is 2.53. The Morgan fingerprint density at radius 1 is 1.23 bits per heavy atom. The van der Waals surface area contributed by atoms with E-state index in [0.29, 0.717) is 6.04 Å². The molecule has 0 aliphatic carbocycles. The van der Waals surface area contributed by atoms with Crippen LogP contribution < -0.4 is 0 Å². The lowest BCUT2D eigenvalue weighted by Crippen LogP contribution is -2.44. The lowest BCUT2D eigenvalue weighted by molar-refractivity contribution is -0.0643. The summed E-state index contributed by atoms with van der Waals surface area (Å²) in [6, 6.07) is 8.81. The SMILES string of the molecule is Cc1ccc(C)c(C2CN(Cc3ncccn3)C(C)CO2)c1. The zero-order valence-electron chi connectivity index (χ0n) is 13.5. The maximum Gasteiger partial charge on any atom is 0.142 e. The van der Waals surface area contributed by atoms with Crippen molar-refractivity contribution in [1.29, 1.82) is 0 Å². The zero-order chi connectivity index (χ0) is 15.5. The van der Waals surface area contributed by atoms with Gasteiger partial charge in [0.15, 0.2) is 0 Å². The first-order chi connectivity index (χ1) is 10.6. The van der Waals surface area contributed by atoms with Crippen LogP contribution in [0.15, 0.2) is 36.7 Å². The number of benzene rings is 1. The zero-order valence-corrected chi connectivity index (χ0v) is 13.5. The summed E-state index contributed by atoms with van der Waals surface area (Å²) in [5.74, 6) is 0.871. The van der Waals surface area contributed by atoms with E-state index in [2.05, 4.69) is 53.8 Å². The number of ether oxygens (including phenoxy) is 1. The molecule has 0 bridgehead atoms. The minimum atomic E-state index is 0.125. The highest BCUT2D eigenvalue weighted by molar-refractivity contribution is 5.32. The van der Waals surface area contributed by atoms with Crippen LogP contribution in [-0.4, -0.2) is 34.1 Å². The highest BCUT2D eigenvalue weighted by Crippen LogP contribution is 2.28. The van der Waals surface area contributed by atoms with Crippen LogP contribution in [0.2, 0.25) is 0 Å². The second-order valence-corrected chi connectivity index (χ2v) is 6.13. The van der Waals surface area contributed by atoms with Crippen molar-refractivity contribution < 1.29 is 4.74 Å². The molecule has 2 heterocycles. The van der Waals surface area contributed by atoms with Gasteiger partial charge in [-0.25, -0.2) is 9.97 Å². The van der Waals surface area contributed by atoms with Crippen LogP contribution in [0.3, 0.4) is 0 Å². The van der Waals surface area contributed by atoms with Gasteiger partial charge < -0.3 is 4.74 Å². The van der Waals surface area contributed by atoms with Gasteiger partial charge >= 0.3 is 0 Å². The van der Waals surface area contributed by atoms with Crippen molar-refractivity contribution in [3.8, 4) is 0 Å². The van der Waals surface area contributed by atoms with E-state index in [0.717, 1.165) is 25.5 Å². The van der Waals surface area contributed by atoms with Crippen LogP contribution in [0.1, 0.15) is 35.5 Å². The molecule has 1 saturated heterocycles. The molecule has 2 unspecified atom stereocenters. The fraction of sp³-hybridized carbons (Fsp3) is 0.444. The van der Waals surface area contributed by atoms with Crippen molar-refractivity contribution in [2.75, 3.05) is 13.2 Å². The second-order valence-electron chi connectivity index (χ2n) is 6.13. The Morgan fingerprint density at radius 3 is 2.77 bits per heavy atom. The van der Waals surface area contributed by atoms with Crippen molar-refractivity contribution in [3.63, 3.8) is 0 Å². The second kappa shape index (κ2) is 6.55. The molecule has 0 spiro atoms. The predicted octanol–water partition coefficient (Wildman–Crippen LogP) is 3.06. The number of aryl methyl sites for hydroxylation is 2. The van der Waals surface area contributed by atoms with Gasteiger partial charge in [0.1, 0.15) is 5.82 Å². The lowest BCUT2D eigenvalue weighted by Gasteiger charge is -2.38. The summed E-state index contributed by atoms with van der Waals surface area (Å²) < 4.78 is 6.10. The predicted molar refractivity (Wildman–Crippen MR) is 86.5 cm³/mol. The normalized spacial score (nSPS) is 22.7. The molecule has 0 saturated carbocycles. The number of nitrogens with zero attached hydrogens (tertiary/aromatic N) is 3. The molecule has 116 valence electrons. The maximum absolute atomic E-state index is 6.10. The van der Waals surface area contributed by atoms with Crippen LogP contribution >= 0.6 is 0 Å². The molecular formula is C18H23N3O. The lowest BCUT2D eigenvalue weighted by atomic mass is 9.99. The van der Waals surface area contributed by atoms with Gasteiger partial charge in [-0.05, 0) is 38.0 Å². The third-order valence-electron chi connectivity index (χ3n) is 4.31. The molecule has 2 atom stereocenters. The van der Waals surface area contributed by atoms with Crippen LogP contribution in [0.25, 0.3) is 0 Å². The third-order valence-corrected chi connectivity index (χ3v) is 4.31. The molecule has 2 aromatic rings. The molecule has 0 radical (unpaired) electrons. The van der Waals surface area contributed by atoms with E-state index in [-0.39, 0.29) is 6.10 Å². The smallest absolute Gasteiger partial charge is 0.142 e. The minimum Gasteiger partial charge on any atom is -0.371 e. The Balaban J connectivity index is 1.77. The van der Waals surface area contributed by atoms with E-state index in [1.165, 1.54) is 16.7 Å². The van der Waals surface area contributed by atoms with Gasteiger partial charge in [-0.1, -0.05) is 23.8 Å². The third kappa shape index (κ3) is 3.34. The van der Waals surface area contributed by atoms with Crippen molar-refractivity contribution in [3.05, 3.63) is 59.2 Å². The molecule has 1 aliphatic heterocycles. The Morgan fingerprint density at radius 2 is 2.00 bits per heavy atom. The van der Waals surface area contributed by atoms with Gasteiger partial charge in [-0.15, -0.1) is 0 Å². The van der Waals surface area contributed by atoms with Crippen molar-refractivity contribution >= 4 is 0 Å². The summed E-state index contributed by atoms with van der Waals surface area (Å²) in [6.45, 7) is 8.87. The fourth-order valence-corrected chi connectivity index (χ4v) is 2.92. The first-order valence-electron chi connectivity index (χ1n) is 7.82. The highest BCUT2D eigenvalue weighted by atomic mass is 16.5. The van der Waals surface area contributed by atoms with Crippen molar-refractivity contribution in [2.24, 2.45) is 0 Å². The van der Waals surface area contributed by atoms with E-state index in [4.69, 9.17) is 4.74 Å². The van der Waals surface area contributed by atoms with Gasteiger partial charge in [-0.3, -0.25) is 4.90 Å². The summed E-state index contributed by atoms with van der Waals surface area (Å²) in [5, 5.41) is 0. The number of hydrogen-bond donors (Lipinski definition) is 0. The van der Waals surface area contributed by atoms with Crippen molar-refractivity contribution in [2.45, 2.75) is 39.5 Å². The molecule has 0 amide bonds. The number of rotatable bonds is 3. The molecular weight excluding hydrogens is 274 g/mol. The summed E-state index contributed by atoms with van der Waals surface area (Å²) in [7, 11) is 0. The molecule has 3 rings (SSSR count). The summed E-state index contributed by atoms with van der Waals surface area (Å²) in [5.41, 5.74) is 3.87. The van der Waals surface area contributed by atoms with Crippen LogP contribution in [0, 0.1) is 13.8 Å². The number of aromatic nitrogens is 2.